The van der Waals surface area contributed by atoms with Crippen molar-refractivity contribution in [2.75, 3.05) is 5.32 Å². The molecular weight excluding hydrogens is 302 g/mol. The van der Waals surface area contributed by atoms with Gasteiger partial charge in [-0.2, -0.15) is 5.10 Å². The Morgan fingerprint density at radius 2 is 1.96 bits per heavy atom. The molecule has 23 heavy (non-hydrogen) atoms. The number of amides is 1. The molecule has 0 aliphatic carbocycles. The van der Waals surface area contributed by atoms with Gasteiger partial charge in [0, 0.05) is 12.3 Å². The molecule has 2 heterocycles. The lowest BCUT2D eigenvalue weighted by molar-refractivity contribution is -0.137. The van der Waals surface area contributed by atoms with Crippen LogP contribution in [-0.2, 0) is 16.1 Å². The first-order valence-electron chi connectivity index (χ1n) is 7.01. The predicted octanol–water partition coefficient (Wildman–Crippen LogP) is 1.13. The number of ether oxygens (including phenoxy) is 2. The van der Waals surface area contributed by atoms with Crippen molar-refractivity contribution < 1.29 is 24.2 Å². The number of carboxylic acid groups (broad SMARTS) is 1. The Kier molecular flexibility index (Phi) is 3.88. The average Bonchev–Trinajstić information content (AvgIpc) is 2.92. The molecule has 8 heteroatoms. The summed E-state index contributed by atoms with van der Waals surface area (Å²) < 4.78 is 12.6. The Bertz CT molecular complexity index is 742. The van der Waals surface area contributed by atoms with Crippen LogP contribution in [0, 0.1) is 0 Å². The Morgan fingerprint density at radius 3 is 2.65 bits per heavy atom. The van der Waals surface area contributed by atoms with Gasteiger partial charge in [0.1, 0.15) is 12.6 Å². The minimum absolute atomic E-state index is 0.255. The van der Waals surface area contributed by atoms with Crippen LogP contribution in [0.4, 0.5) is 5.82 Å². The predicted molar refractivity (Wildman–Crippen MR) is 79.4 cm³/mol. The summed E-state index contributed by atoms with van der Waals surface area (Å²) >= 11 is 0. The lowest BCUT2D eigenvalue weighted by atomic mass is 10.1. The number of carbonyl (C=O) groups is 2. The summed E-state index contributed by atoms with van der Waals surface area (Å²) in [5, 5.41) is 15.3. The third-order valence-electron chi connectivity index (χ3n) is 3.29. The van der Waals surface area contributed by atoms with Crippen LogP contribution in [0.25, 0.3) is 0 Å². The van der Waals surface area contributed by atoms with Crippen molar-refractivity contribution in [2.24, 2.45) is 0 Å². The fourth-order valence-electron chi connectivity index (χ4n) is 2.26. The molecule has 0 radical (unpaired) electrons. The zero-order chi connectivity index (χ0) is 16.4. The Hall–Kier alpha value is -3.03. The Balaban J connectivity index is 1.69. The molecule has 2 atom stereocenters. The quantitative estimate of drug-likeness (QED) is 0.876. The van der Waals surface area contributed by atoms with E-state index < -0.39 is 24.1 Å². The van der Waals surface area contributed by atoms with E-state index in [9.17, 15) is 9.59 Å². The molecule has 0 fully saturated rings. The highest BCUT2D eigenvalue weighted by Gasteiger charge is 2.34. The number of carbonyl (C=O) groups excluding carboxylic acids is 1. The number of fused-ring (bicyclic) bond motifs is 1. The lowest BCUT2D eigenvalue weighted by Crippen LogP contribution is -2.46. The van der Waals surface area contributed by atoms with Gasteiger partial charge in [0.05, 0.1) is 0 Å². The monoisotopic (exact) mass is 317 g/mol. The fraction of sp³-hybridized carbons (Fsp3) is 0.267. The molecule has 120 valence electrons. The summed E-state index contributed by atoms with van der Waals surface area (Å²) in [5.74, 6) is -0.0735. The Labute approximate surface area is 131 Å². The maximum Gasteiger partial charge on any atom is 0.325 e. The summed E-state index contributed by atoms with van der Waals surface area (Å²) in [6.07, 6.45) is 0.182. The average molecular weight is 317 g/mol. The molecule has 1 aromatic carbocycles. The van der Waals surface area contributed by atoms with E-state index in [2.05, 4.69) is 10.4 Å². The van der Waals surface area contributed by atoms with Gasteiger partial charge in [0.2, 0.25) is 6.10 Å². The third-order valence-corrected chi connectivity index (χ3v) is 3.29. The van der Waals surface area contributed by atoms with Crippen molar-refractivity contribution in [3.05, 3.63) is 36.5 Å². The van der Waals surface area contributed by atoms with Crippen LogP contribution in [0.1, 0.15) is 6.92 Å². The SMILES string of the molecule is C[C@@H]1Oc2ccccc2O[C@H]1C(=O)Nc1ccn(CC(=O)O)n1. The maximum absolute atomic E-state index is 12.3. The molecule has 0 bridgehead atoms. The van der Waals surface area contributed by atoms with Gasteiger partial charge in [-0.25, -0.2) is 0 Å². The number of nitrogens with zero attached hydrogens (tertiary/aromatic N) is 2. The normalized spacial score (nSPS) is 19.2. The van der Waals surface area contributed by atoms with Crippen molar-refractivity contribution >= 4 is 17.7 Å². The minimum atomic E-state index is -1.01. The summed E-state index contributed by atoms with van der Waals surface area (Å²) in [6.45, 7) is 1.46. The van der Waals surface area contributed by atoms with Crippen molar-refractivity contribution in [3.63, 3.8) is 0 Å². The second-order valence-electron chi connectivity index (χ2n) is 5.09. The highest BCUT2D eigenvalue weighted by Crippen LogP contribution is 2.33. The number of carboxylic acids is 1. The van der Waals surface area contributed by atoms with E-state index in [4.69, 9.17) is 14.6 Å². The first kappa shape index (κ1) is 14.9. The number of hydrogen-bond acceptors (Lipinski definition) is 5. The highest BCUT2D eigenvalue weighted by atomic mass is 16.6. The number of anilines is 1. The summed E-state index contributed by atoms with van der Waals surface area (Å²) in [5.41, 5.74) is 0. The second kappa shape index (κ2) is 5.99. The number of aliphatic carboxylic acids is 1. The molecule has 0 saturated heterocycles. The largest absolute Gasteiger partial charge is 0.482 e. The molecule has 1 aromatic heterocycles. The smallest absolute Gasteiger partial charge is 0.325 e. The molecule has 1 aliphatic heterocycles. The molecule has 2 N–H and O–H groups in total. The molecule has 1 aliphatic rings. The van der Waals surface area contributed by atoms with Crippen LogP contribution in [0.5, 0.6) is 11.5 Å². The third kappa shape index (κ3) is 3.25. The topological polar surface area (TPSA) is 103 Å². The van der Waals surface area contributed by atoms with Crippen LogP contribution in [-0.4, -0.2) is 39.0 Å². The van der Waals surface area contributed by atoms with Crippen LogP contribution >= 0.6 is 0 Å². The zero-order valence-electron chi connectivity index (χ0n) is 12.3. The summed E-state index contributed by atoms with van der Waals surface area (Å²) in [4.78, 5) is 23.0. The highest BCUT2D eigenvalue weighted by molar-refractivity contribution is 5.94. The number of nitrogens with one attached hydrogen (secondary N) is 1. The molecule has 0 saturated carbocycles. The summed E-state index contributed by atoms with van der Waals surface area (Å²) in [7, 11) is 0. The van der Waals surface area contributed by atoms with E-state index in [-0.39, 0.29) is 12.4 Å². The van der Waals surface area contributed by atoms with E-state index in [1.54, 1.807) is 25.1 Å². The van der Waals surface area contributed by atoms with Crippen molar-refractivity contribution in [1.82, 2.24) is 9.78 Å². The zero-order valence-corrected chi connectivity index (χ0v) is 12.3. The number of para-hydroxylation sites is 2. The molecule has 0 spiro atoms. The van der Waals surface area contributed by atoms with E-state index in [1.807, 2.05) is 6.07 Å². The van der Waals surface area contributed by atoms with Gasteiger partial charge >= 0.3 is 5.97 Å². The standard InChI is InChI=1S/C15H15N3O5/c1-9-14(23-11-5-3-2-4-10(11)22-9)15(21)16-12-6-7-18(17-12)8-13(19)20/h2-7,9,14H,8H2,1H3,(H,19,20)(H,16,17,21)/t9-,14+/m0/s1. The summed E-state index contributed by atoms with van der Waals surface area (Å²) in [6, 6.07) is 8.63. The van der Waals surface area contributed by atoms with Crippen molar-refractivity contribution in [2.45, 2.75) is 25.7 Å². The van der Waals surface area contributed by atoms with E-state index in [1.165, 1.54) is 16.9 Å². The second-order valence-corrected chi connectivity index (χ2v) is 5.09. The Morgan fingerprint density at radius 1 is 1.26 bits per heavy atom. The van der Waals surface area contributed by atoms with E-state index >= 15 is 0 Å². The molecule has 3 rings (SSSR count). The van der Waals surface area contributed by atoms with E-state index in [0.717, 1.165) is 0 Å². The number of rotatable bonds is 4. The molecule has 1 amide bonds. The van der Waals surface area contributed by atoms with Gasteiger partial charge < -0.3 is 19.9 Å². The first-order chi connectivity index (χ1) is 11.0. The maximum atomic E-state index is 12.3. The van der Waals surface area contributed by atoms with Crippen molar-refractivity contribution in [3.8, 4) is 11.5 Å². The number of hydrogen-bond donors (Lipinski definition) is 2. The van der Waals surface area contributed by atoms with Gasteiger partial charge in [-0.15, -0.1) is 0 Å². The number of aromatic nitrogens is 2. The molecule has 8 nitrogen and oxygen atoms in total. The fourth-order valence-corrected chi connectivity index (χ4v) is 2.26. The van der Waals surface area contributed by atoms with E-state index in [0.29, 0.717) is 11.5 Å². The van der Waals surface area contributed by atoms with Crippen molar-refractivity contribution in [1.29, 1.82) is 0 Å². The van der Waals surface area contributed by atoms with Crippen LogP contribution < -0.4 is 14.8 Å². The lowest BCUT2D eigenvalue weighted by Gasteiger charge is -2.30. The van der Waals surface area contributed by atoms with Gasteiger partial charge in [0.25, 0.3) is 5.91 Å². The molecular formula is C15H15N3O5. The van der Waals surface area contributed by atoms with Gasteiger partial charge in [-0.1, -0.05) is 12.1 Å². The van der Waals surface area contributed by atoms with Crippen LogP contribution in [0.3, 0.4) is 0 Å². The number of benzene rings is 1. The molecule has 0 unspecified atom stereocenters. The van der Waals surface area contributed by atoms with Crippen LogP contribution in [0.2, 0.25) is 0 Å². The van der Waals surface area contributed by atoms with Gasteiger partial charge in [0.15, 0.2) is 17.3 Å². The molecule has 2 aromatic rings. The van der Waals surface area contributed by atoms with Gasteiger partial charge in [-0.05, 0) is 19.1 Å². The first-order valence-corrected chi connectivity index (χ1v) is 7.01. The van der Waals surface area contributed by atoms with Gasteiger partial charge in [-0.3, -0.25) is 14.3 Å². The minimum Gasteiger partial charge on any atom is -0.482 e. The van der Waals surface area contributed by atoms with Crippen LogP contribution in [0.15, 0.2) is 36.5 Å².